The molecule has 0 radical (unpaired) electrons. The smallest absolute Gasteiger partial charge is 0.119 e. The fourth-order valence-corrected chi connectivity index (χ4v) is 2.71. The van der Waals surface area contributed by atoms with Crippen molar-refractivity contribution >= 4 is 12.4 Å². The van der Waals surface area contributed by atoms with Gasteiger partial charge >= 0.3 is 0 Å². The monoisotopic (exact) mass is 362 g/mol. The Labute approximate surface area is 163 Å². The minimum atomic E-state index is 0.509. The van der Waals surface area contributed by atoms with Crippen LogP contribution in [0.2, 0.25) is 0 Å². The molecule has 27 heavy (non-hydrogen) atoms. The van der Waals surface area contributed by atoms with Crippen LogP contribution in [0, 0.1) is 0 Å². The van der Waals surface area contributed by atoms with Crippen LogP contribution < -0.4 is 4.74 Å². The van der Waals surface area contributed by atoms with Crippen LogP contribution in [0.1, 0.15) is 55.7 Å². The lowest BCUT2D eigenvalue weighted by Crippen LogP contribution is -1.92. The number of hydrogen-bond donors (Lipinski definition) is 0. The van der Waals surface area contributed by atoms with Gasteiger partial charge in [-0.2, -0.15) is 10.2 Å². The molecule has 0 bridgehead atoms. The van der Waals surface area contributed by atoms with Crippen LogP contribution in [0.4, 0.5) is 0 Å². The van der Waals surface area contributed by atoms with Crippen molar-refractivity contribution < 1.29 is 4.74 Å². The Kier molecular flexibility index (Phi) is 9.66. The second kappa shape index (κ2) is 12.6. The summed E-state index contributed by atoms with van der Waals surface area (Å²) in [5, 5.41) is 8.25. The topological polar surface area (TPSA) is 34.0 Å². The number of rotatable bonds is 12. The van der Waals surface area contributed by atoms with Crippen LogP contribution in [-0.2, 0) is 6.42 Å². The van der Waals surface area contributed by atoms with Gasteiger partial charge in [0.25, 0.3) is 0 Å². The number of hydrogen-bond acceptors (Lipinski definition) is 3. The first-order chi connectivity index (χ1) is 13.3. The van der Waals surface area contributed by atoms with Crippen molar-refractivity contribution in [2.75, 3.05) is 6.61 Å². The maximum absolute atomic E-state index is 5.45. The molecule has 0 aliphatic rings. The molecule has 3 heteroatoms. The molecular formula is C24H30N2O. The van der Waals surface area contributed by atoms with Gasteiger partial charge in [-0.3, -0.25) is 0 Å². The maximum atomic E-state index is 5.45. The summed E-state index contributed by atoms with van der Waals surface area (Å²) in [4.78, 5) is 0. The zero-order valence-corrected chi connectivity index (χ0v) is 16.3. The molecule has 0 amide bonds. The predicted molar refractivity (Wildman–Crippen MR) is 116 cm³/mol. The van der Waals surface area contributed by atoms with E-state index in [0.717, 1.165) is 23.3 Å². The van der Waals surface area contributed by atoms with Gasteiger partial charge in [0.2, 0.25) is 0 Å². The van der Waals surface area contributed by atoms with Gasteiger partial charge in [-0.25, -0.2) is 0 Å². The van der Waals surface area contributed by atoms with E-state index in [0.29, 0.717) is 6.61 Å². The van der Waals surface area contributed by atoms with Crippen LogP contribution in [0.5, 0.6) is 5.75 Å². The van der Waals surface area contributed by atoms with E-state index >= 15 is 0 Å². The van der Waals surface area contributed by atoms with Crippen molar-refractivity contribution in [2.24, 2.45) is 10.2 Å². The van der Waals surface area contributed by atoms with Crippen LogP contribution in [-0.4, -0.2) is 19.0 Å². The number of nitrogens with zero attached hydrogens (tertiary/aromatic N) is 2. The van der Waals surface area contributed by atoms with E-state index < -0.39 is 0 Å². The van der Waals surface area contributed by atoms with Gasteiger partial charge in [-0.05, 0) is 53.8 Å². The second-order valence-corrected chi connectivity index (χ2v) is 6.56. The Bertz CT molecular complexity index is 715. The number of aryl methyl sites for hydroxylation is 1. The minimum Gasteiger partial charge on any atom is -0.490 e. The van der Waals surface area contributed by atoms with Gasteiger partial charge < -0.3 is 4.74 Å². The summed E-state index contributed by atoms with van der Waals surface area (Å²) in [7, 11) is 0. The molecule has 0 aliphatic carbocycles. The van der Waals surface area contributed by atoms with Crippen LogP contribution in [0.3, 0.4) is 0 Å². The molecule has 0 unspecified atom stereocenters. The van der Waals surface area contributed by atoms with Gasteiger partial charge in [-0.15, -0.1) is 0 Å². The lowest BCUT2D eigenvalue weighted by Gasteiger charge is -2.02. The van der Waals surface area contributed by atoms with Crippen LogP contribution in [0.15, 0.2) is 71.4 Å². The first-order valence-corrected chi connectivity index (χ1v) is 9.81. The van der Waals surface area contributed by atoms with E-state index in [1.54, 1.807) is 18.5 Å². The third-order valence-corrected chi connectivity index (χ3v) is 4.28. The van der Waals surface area contributed by atoms with E-state index in [2.05, 4.69) is 48.0 Å². The Hall–Kier alpha value is -2.68. The third kappa shape index (κ3) is 8.50. The SMILES string of the molecule is C=CCOc1ccc(C=NN=Cc2ccc(CCCCCCC)cc2)cc1. The average Bonchev–Trinajstić information content (AvgIpc) is 2.71. The number of ether oxygens (including phenoxy) is 1. The van der Waals surface area contributed by atoms with Crippen molar-refractivity contribution in [3.8, 4) is 5.75 Å². The highest BCUT2D eigenvalue weighted by Crippen LogP contribution is 2.11. The Balaban J connectivity index is 1.76. The summed E-state index contributed by atoms with van der Waals surface area (Å²) in [6, 6.07) is 16.3. The minimum absolute atomic E-state index is 0.509. The highest BCUT2D eigenvalue weighted by Gasteiger charge is 1.95. The molecule has 0 saturated carbocycles. The van der Waals surface area contributed by atoms with Crippen molar-refractivity contribution in [3.05, 3.63) is 77.9 Å². The molecule has 0 fully saturated rings. The van der Waals surface area contributed by atoms with E-state index in [1.807, 2.05) is 24.3 Å². The molecule has 3 nitrogen and oxygen atoms in total. The summed E-state index contributed by atoms with van der Waals surface area (Å²) >= 11 is 0. The zero-order valence-electron chi connectivity index (χ0n) is 16.3. The molecule has 2 aromatic carbocycles. The summed E-state index contributed by atoms with van der Waals surface area (Å²) in [5.41, 5.74) is 3.44. The van der Waals surface area contributed by atoms with Crippen molar-refractivity contribution in [2.45, 2.75) is 45.4 Å². The predicted octanol–water partition coefficient (Wildman–Crippen LogP) is 6.22. The van der Waals surface area contributed by atoms with Crippen LogP contribution in [0.25, 0.3) is 0 Å². The molecule has 0 N–H and O–H groups in total. The molecule has 0 heterocycles. The molecule has 0 saturated heterocycles. The average molecular weight is 363 g/mol. The fourth-order valence-electron chi connectivity index (χ4n) is 2.71. The Morgan fingerprint density at radius 3 is 2.00 bits per heavy atom. The number of unbranched alkanes of at least 4 members (excludes halogenated alkanes) is 4. The first kappa shape index (κ1) is 20.6. The fraction of sp³-hybridized carbons (Fsp3) is 0.333. The molecule has 0 aromatic heterocycles. The zero-order chi connectivity index (χ0) is 19.2. The Morgan fingerprint density at radius 2 is 1.41 bits per heavy atom. The summed E-state index contributed by atoms with van der Waals surface area (Å²) < 4.78 is 5.45. The third-order valence-electron chi connectivity index (χ3n) is 4.28. The Morgan fingerprint density at radius 1 is 0.815 bits per heavy atom. The molecule has 0 atom stereocenters. The highest BCUT2D eigenvalue weighted by molar-refractivity contribution is 5.82. The molecular weight excluding hydrogens is 332 g/mol. The standard InChI is InChI=1S/C24H30N2O/c1-3-5-6-7-8-9-21-10-12-22(13-11-21)19-25-26-20-23-14-16-24(17-15-23)27-18-4-2/h4,10-17,19-20H,2-3,5-9,18H2,1H3. The molecule has 0 spiro atoms. The van der Waals surface area contributed by atoms with Gasteiger partial charge in [0.15, 0.2) is 0 Å². The number of benzene rings is 2. The van der Waals surface area contributed by atoms with Crippen LogP contribution >= 0.6 is 0 Å². The van der Waals surface area contributed by atoms with Crippen molar-refractivity contribution in [1.29, 1.82) is 0 Å². The molecule has 2 aromatic rings. The van der Waals surface area contributed by atoms with E-state index in [-0.39, 0.29) is 0 Å². The molecule has 0 aliphatic heterocycles. The van der Waals surface area contributed by atoms with Crippen molar-refractivity contribution in [3.63, 3.8) is 0 Å². The van der Waals surface area contributed by atoms with Gasteiger partial charge in [0, 0.05) is 0 Å². The lowest BCUT2D eigenvalue weighted by molar-refractivity contribution is 0.363. The van der Waals surface area contributed by atoms with Gasteiger partial charge in [0.05, 0.1) is 12.4 Å². The van der Waals surface area contributed by atoms with E-state index in [1.165, 1.54) is 37.7 Å². The highest BCUT2D eigenvalue weighted by atomic mass is 16.5. The lowest BCUT2D eigenvalue weighted by atomic mass is 10.0. The quantitative estimate of drug-likeness (QED) is 0.191. The summed E-state index contributed by atoms with van der Waals surface area (Å²) in [6.07, 6.45) is 13.0. The molecule has 2 rings (SSSR count). The second-order valence-electron chi connectivity index (χ2n) is 6.56. The van der Waals surface area contributed by atoms with Gasteiger partial charge in [-0.1, -0.05) is 69.5 Å². The largest absolute Gasteiger partial charge is 0.490 e. The van der Waals surface area contributed by atoms with E-state index in [4.69, 9.17) is 4.74 Å². The summed E-state index contributed by atoms with van der Waals surface area (Å²) in [5.74, 6) is 0.820. The normalized spacial score (nSPS) is 11.3. The van der Waals surface area contributed by atoms with E-state index in [9.17, 15) is 0 Å². The maximum Gasteiger partial charge on any atom is 0.119 e. The molecule has 142 valence electrons. The first-order valence-electron chi connectivity index (χ1n) is 9.81. The summed E-state index contributed by atoms with van der Waals surface area (Å²) in [6.45, 7) is 6.39. The van der Waals surface area contributed by atoms with Crippen molar-refractivity contribution in [1.82, 2.24) is 0 Å². The van der Waals surface area contributed by atoms with Gasteiger partial charge in [0.1, 0.15) is 12.4 Å².